The molecule has 2 aliphatic heterocycles. The first-order valence-electron chi connectivity index (χ1n) is 7.64. The van der Waals surface area contributed by atoms with E-state index in [1.165, 1.54) is 17.7 Å². The predicted molar refractivity (Wildman–Crippen MR) is 78.1 cm³/mol. The van der Waals surface area contributed by atoms with Gasteiger partial charge in [0, 0.05) is 36.8 Å². The molecule has 2 aromatic rings. The van der Waals surface area contributed by atoms with E-state index in [2.05, 4.69) is 14.9 Å². The number of rotatable bonds is 2. The Bertz CT molecular complexity index is 732. The highest BCUT2D eigenvalue weighted by Gasteiger charge is 2.40. The highest BCUT2D eigenvalue weighted by atomic mass is 19.2. The summed E-state index contributed by atoms with van der Waals surface area (Å²) in [6.07, 6.45) is 5.04. The summed E-state index contributed by atoms with van der Waals surface area (Å²) in [5, 5.41) is 0. The van der Waals surface area contributed by atoms with E-state index >= 15 is 0 Å². The van der Waals surface area contributed by atoms with E-state index in [0.29, 0.717) is 18.6 Å². The Balaban J connectivity index is 1.64. The second-order valence-corrected chi connectivity index (χ2v) is 6.19. The summed E-state index contributed by atoms with van der Waals surface area (Å²) >= 11 is 0. The van der Waals surface area contributed by atoms with Crippen LogP contribution in [0.25, 0.3) is 0 Å². The summed E-state index contributed by atoms with van der Waals surface area (Å²) < 4.78 is 26.5. The average Bonchev–Trinajstić information content (AvgIpc) is 2.76. The van der Waals surface area contributed by atoms with Crippen LogP contribution in [0.5, 0.6) is 0 Å². The predicted octanol–water partition coefficient (Wildman–Crippen LogP) is 3.33. The van der Waals surface area contributed by atoms with Crippen molar-refractivity contribution in [2.75, 3.05) is 0 Å². The molecule has 4 rings (SSSR count). The van der Waals surface area contributed by atoms with Gasteiger partial charge >= 0.3 is 0 Å². The van der Waals surface area contributed by atoms with E-state index in [-0.39, 0.29) is 0 Å². The third-order valence-corrected chi connectivity index (χ3v) is 4.80. The number of hydrogen-bond donors (Lipinski definition) is 0. The maximum absolute atomic E-state index is 13.4. The molecule has 2 bridgehead atoms. The van der Waals surface area contributed by atoms with E-state index in [9.17, 15) is 8.78 Å². The molecule has 5 heteroatoms. The average molecular weight is 301 g/mol. The van der Waals surface area contributed by atoms with Crippen molar-refractivity contribution in [1.29, 1.82) is 0 Å². The summed E-state index contributed by atoms with van der Waals surface area (Å²) in [4.78, 5) is 11.3. The Morgan fingerprint density at radius 3 is 2.91 bits per heavy atom. The molecule has 0 saturated carbocycles. The number of nitrogens with zero attached hydrogens (tertiary/aromatic N) is 3. The molecule has 3 heterocycles. The quantitative estimate of drug-likeness (QED) is 0.852. The number of benzene rings is 1. The monoisotopic (exact) mass is 301 g/mol. The molecule has 1 aromatic heterocycles. The molecular weight excluding hydrogens is 284 g/mol. The standard InChI is InChI=1S/C17H17F2N3/c1-10-20-8-13-16(21-10)7-12-3-5-17(13)22(12)9-11-2-4-14(18)15(19)6-11/h2,4,6,8,12,17H,3,5,7,9H2,1H3/t12-,17+/m1/s1. The van der Waals surface area contributed by atoms with Crippen LogP contribution in [0.3, 0.4) is 0 Å². The molecule has 0 aliphatic carbocycles. The Hall–Kier alpha value is -1.88. The molecule has 3 nitrogen and oxygen atoms in total. The molecule has 0 unspecified atom stereocenters. The van der Waals surface area contributed by atoms with Crippen LogP contribution in [0, 0.1) is 18.6 Å². The van der Waals surface area contributed by atoms with Crippen molar-refractivity contribution in [2.45, 2.75) is 44.8 Å². The van der Waals surface area contributed by atoms with Crippen molar-refractivity contribution in [3.05, 3.63) is 58.7 Å². The maximum Gasteiger partial charge on any atom is 0.159 e. The van der Waals surface area contributed by atoms with Gasteiger partial charge in [0.1, 0.15) is 5.82 Å². The van der Waals surface area contributed by atoms with Gasteiger partial charge in [0.15, 0.2) is 11.6 Å². The lowest BCUT2D eigenvalue weighted by atomic mass is 9.98. The maximum atomic E-state index is 13.4. The van der Waals surface area contributed by atoms with Gasteiger partial charge in [-0.2, -0.15) is 0 Å². The van der Waals surface area contributed by atoms with Gasteiger partial charge in [0.05, 0.1) is 5.69 Å². The Labute approximate surface area is 128 Å². The molecule has 1 saturated heterocycles. The van der Waals surface area contributed by atoms with E-state index in [1.54, 1.807) is 6.07 Å². The third kappa shape index (κ3) is 2.20. The Morgan fingerprint density at radius 2 is 2.09 bits per heavy atom. The minimum Gasteiger partial charge on any atom is -0.289 e. The van der Waals surface area contributed by atoms with E-state index in [0.717, 1.165) is 36.3 Å². The van der Waals surface area contributed by atoms with E-state index < -0.39 is 11.6 Å². The molecule has 1 aromatic carbocycles. The van der Waals surface area contributed by atoms with Crippen LogP contribution in [0.2, 0.25) is 0 Å². The van der Waals surface area contributed by atoms with Crippen LogP contribution in [-0.2, 0) is 13.0 Å². The fraction of sp³-hybridized carbons (Fsp3) is 0.412. The van der Waals surface area contributed by atoms with Gasteiger partial charge in [-0.25, -0.2) is 18.7 Å². The number of fused-ring (bicyclic) bond motifs is 4. The van der Waals surface area contributed by atoms with Gasteiger partial charge in [-0.15, -0.1) is 0 Å². The van der Waals surface area contributed by atoms with Crippen LogP contribution < -0.4 is 0 Å². The Kier molecular flexibility index (Phi) is 3.18. The molecule has 0 amide bonds. The summed E-state index contributed by atoms with van der Waals surface area (Å²) in [7, 11) is 0. The lowest BCUT2D eigenvalue weighted by Crippen LogP contribution is -2.37. The molecule has 0 spiro atoms. The fourth-order valence-electron chi connectivity index (χ4n) is 3.77. The second-order valence-electron chi connectivity index (χ2n) is 6.19. The summed E-state index contributed by atoms with van der Waals surface area (Å²) in [6, 6.07) is 4.90. The zero-order chi connectivity index (χ0) is 15.3. The van der Waals surface area contributed by atoms with Gasteiger partial charge < -0.3 is 0 Å². The van der Waals surface area contributed by atoms with Crippen molar-refractivity contribution < 1.29 is 8.78 Å². The molecule has 1 fully saturated rings. The number of halogens is 2. The fourth-order valence-corrected chi connectivity index (χ4v) is 3.77. The molecule has 22 heavy (non-hydrogen) atoms. The number of aryl methyl sites for hydroxylation is 1. The van der Waals surface area contributed by atoms with Crippen LogP contribution in [0.1, 0.15) is 41.5 Å². The van der Waals surface area contributed by atoms with Gasteiger partial charge in [-0.05, 0) is 37.5 Å². The largest absolute Gasteiger partial charge is 0.289 e. The lowest BCUT2D eigenvalue weighted by molar-refractivity contribution is 0.165. The normalized spacial score (nSPS) is 23.6. The SMILES string of the molecule is Cc1ncc2c(n1)C[C@H]1CC[C@@H]2N1Cc1ccc(F)c(F)c1. The first kappa shape index (κ1) is 13.8. The molecule has 2 aliphatic rings. The van der Waals surface area contributed by atoms with Crippen molar-refractivity contribution in [3.8, 4) is 0 Å². The van der Waals surface area contributed by atoms with Crippen molar-refractivity contribution in [2.24, 2.45) is 0 Å². The summed E-state index contributed by atoms with van der Waals surface area (Å²) in [6.45, 7) is 2.55. The first-order chi connectivity index (χ1) is 10.6. The van der Waals surface area contributed by atoms with Gasteiger partial charge in [0.2, 0.25) is 0 Å². The van der Waals surface area contributed by atoms with Gasteiger partial charge in [-0.1, -0.05) is 6.07 Å². The van der Waals surface area contributed by atoms with E-state index in [1.807, 2.05) is 13.1 Å². The molecule has 114 valence electrons. The Morgan fingerprint density at radius 1 is 1.23 bits per heavy atom. The lowest BCUT2D eigenvalue weighted by Gasteiger charge is -2.35. The number of hydrogen-bond acceptors (Lipinski definition) is 3. The molecule has 2 atom stereocenters. The highest BCUT2D eigenvalue weighted by Crippen LogP contribution is 2.43. The highest BCUT2D eigenvalue weighted by molar-refractivity contribution is 5.29. The molecule has 0 radical (unpaired) electrons. The number of aromatic nitrogens is 2. The van der Waals surface area contributed by atoms with Gasteiger partial charge in [-0.3, -0.25) is 4.90 Å². The zero-order valence-electron chi connectivity index (χ0n) is 12.4. The second kappa shape index (κ2) is 5.09. The molecular formula is C17H17F2N3. The first-order valence-corrected chi connectivity index (χ1v) is 7.64. The van der Waals surface area contributed by atoms with Gasteiger partial charge in [0.25, 0.3) is 0 Å². The summed E-state index contributed by atoms with van der Waals surface area (Å²) in [5.41, 5.74) is 3.16. The van der Waals surface area contributed by atoms with Crippen molar-refractivity contribution in [1.82, 2.24) is 14.9 Å². The third-order valence-electron chi connectivity index (χ3n) is 4.80. The van der Waals surface area contributed by atoms with E-state index in [4.69, 9.17) is 0 Å². The van der Waals surface area contributed by atoms with Crippen LogP contribution in [-0.4, -0.2) is 20.9 Å². The van der Waals surface area contributed by atoms with Crippen LogP contribution >= 0.6 is 0 Å². The minimum atomic E-state index is -0.792. The van der Waals surface area contributed by atoms with Crippen molar-refractivity contribution >= 4 is 0 Å². The summed E-state index contributed by atoms with van der Waals surface area (Å²) in [5.74, 6) is -0.756. The van der Waals surface area contributed by atoms with Crippen molar-refractivity contribution in [3.63, 3.8) is 0 Å². The molecule has 0 N–H and O–H groups in total. The smallest absolute Gasteiger partial charge is 0.159 e. The minimum absolute atomic E-state index is 0.294. The topological polar surface area (TPSA) is 29.0 Å². The van der Waals surface area contributed by atoms with Crippen LogP contribution in [0.4, 0.5) is 8.78 Å². The van der Waals surface area contributed by atoms with Crippen LogP contribution in [0.15, 0.2) is 24.4 Å². The zero-order valence-corrected chi connectivity index (χ0v) is 12.4.